The first-order chi connectivity index (χ1) is 19.3. The number of rotatable bonds is 6. The number of hydrogen-bond donors (Lipinski definition) is 2. The van der Waals surface area contributed by atoms with Crippen LogP contribution < -0.4 is 19.8 Å². The number of fused-ring (bicyclic) bond motifs is 2. The van der Waals surface area contributed by atoms with Crippen molar-refractivity contribution < 1.29 is 19.1 Å². The van der Waals surface area contributed by atoms with E-state index >= 15 is 0 Å². The smallest absolute Gasteiger partial charge is 0.305 e. The Labute approximate surface area is 246 Å². The van der Waals surface area contributed by atoms with E-state index in [1.165, 1.54) is 16.7 Å². The van der Waals surface area contributed by atoms with Gasteiger partial charge < -0.3 is 15.0 Å². The molecule has 2 N–H and O–H groups in total. The topological polar surface area (TPSA) is 109 Å². The second kappa shape index (κ2) is 10.8. The molecule has 3 amide bonds. The molecule has 3 heterocycles. The summed E-state index contributed by atoms with van der Waals surface area (Å²) in [4.78, 5) is 56.9. The molecule has 12 heteroatoms. The number of nitrogens with zero attached hydrogens (tertiary/aromatic N) is 1. The third kappa shape index (κ3) is 4.92. The van der Waals surface area contributed by atoms with Gasteiger partial charge in [0.1, 0.15) is 11.0 Å². The van der Waals surface area contributed by atoms with Gasteiger partial charge in [-0.15, -0.1) is 0 Å². The Balaban J connectivity index is 1.36. The van der Waals surface area contributed by atoms with Crippen LogP contribution in [-0.4, -0.2) is 34.6 Å². The van der Waals surface area contributed by atoms with Crippen LogP contribution in [0.2, 0.25) is 10.0 Å². The van der Waals surface area contributed by atoms with Crippen LogP contribution in [0.5, 0.6) is 5.75 Å². The number of anilines is 2. The lowest BCUT2D eigenvalue weighted by atomic mass is 9.82. The van der Waals surface area contributed by atoms with Crippen molar-refractivity contribution in [1.29, 1.82) is 0 Å². The zero-order valence-electron chi connectivity index (χ0n) is 20.4. The lowest BCUT2D eigenvalue weighted by Gasteiger charge is -2.31. The van der Waals surface area contributed by atoms with Crippen molar-refractivity contribution in [3.8, 4) is 5.75 Å². The van der Waals surface area contributed by atoms with Gasteiger partial charge >= 0.3 is 4.87 Å². The minimum Gasteiger partial charge on any atom is -0.483 e. The molecule has 2 aliphatic heterocycles. The molecule has 3 unspecified atom stereocenters. The lowest BCUT2D eigenvalue weighted by molar-refractivity contribution is -0.122. The SMILES string of the molecule is O=C(COc1ccc(Cl)cc1C1c2sc(=O)[nH]c2SC2C(=O)N(c3ccccc3)C(=O)C21)Nc1ccc(Cl)cc1. The fourth-order valence-corrected chi connectivity index (χ4v) is 7.76. The van der Waals surface area contributed by atoms with Crippen LogP contribution in [0.4, 0.5) is 11.4 Å². The molecule has 1 aromatic heterocycles. The van der Waals surface area contributed by atoms with Gasteiger partial charge in [0.2, 0.25) is 11.8 Å². The first-order valence-electron chi connectivity index (χ1n) is 12.1. The number of thiazole rings is 1. The number of para-hydroxylation sites is 1. The maximum atomic E-state index is 13.9. The first-order valence-corrected chi connectivity index (χ1v) is 14.6. The van der Waals surface area contributed by atoms with Gasteiger partial charge in [-0.1, -0.05) is 64.5 Å². The van der Waals surface area contributed by atoms with E-state index in [-0.39, 0.29) is 23.3 Å². The van der Waals surface area contributed by atoms with Gasteiger partial charge in [-0.2, -0.15) is 0 Å². The van der Waals surface area contributed by atoms with Gasteiger partial charge in [0.15, 0.2) is 6.61 Å². The molecule has 1 saturated heterocycles. The van der Waals surface area contributed by atoms with E-state index in [4.69, 9.17) is 27.9 Å². The fourth-order valence-electron chi connectivity index (χ4n) is 4.95. The number of imide groups is 1. The summed E-state index contributed by atoms with van der Waals surface area (Å²) in [6.45, 7) is -0.327. The number of benzene rings is 3. The quantitative estimate of drug-likeness (QED) is 0.276. The average Bonchev–Trinajstić information content (AvgIpc) is 3.43. The molecular formula is C28H19Cl2N3O5S2. The van der Waals surface area contributed by atoms with Crippen molar-refractivity contribution in [3.63, 3.8) is 0 Å². The highest BCUT2D eigenvalue weighted by molar-refractivity contribution is 8.00. The Morgan fingerprint density at radius 2 is 1.68 bits per heavy atom. The molecule has 6 rings (SSSR count). The van der Waals surface area contributed by atoms with E-state index in [9.17, 15) is 19.2 Å². The van der Waals surface area contributed by atoms with Crippen molar-refractivity contribution in [2.75, 3.05) is 16.8 Å². The monoisotopic (exact) mass is 611 g/mol. The molecule has 202 valence electrons. The van der Waals surface area contributed by atoms with E-state index in [1.54, 1.807) is 72.8 Å². The number of aromatic amines is 1. The van der Waals surface area contributed by atoms with E-state index < -0.39 is 23.0 Å². The molecule has 40 heavy (non-hydrogen) atoms. The highest BCUT2D eigenvalue weighted by atomic mass is 35.5. The summed E-state index contributed by atoms with van der Waals surface area (Å²) in [5.74, 6) is -2.35. The zero-order valence-corrected chi connectivity index (χ0v) is 23.6. The number of carbonyl (C=O) groups excluding carboxylic acids is 3. The summed E-state index contributed by atoms with van der Waals surface area (Å²) >= 11 is 14.5. The number of amides is 3. The number of H-pyrrole nitrogens is 1. The minimum absolute atomic E-state index is 0.297. The summed E-state index contributed by atoms with van der Waals surface area (Å²) in [5, 5.41) is 3.43. The van der Waals surface area contributed by atoms with Crippen LogP contribution in [0.1, 0.15) is 16.4 Å². The fraction of sp³-hybridized carbons (Fsp3) is 0.143. The zero-order chi connectivity index (χ0) is 28.0. The second-order valence-corrected chi connectivity index (χ2v) is 12.2. The molecule has 0 radical (unpaired) electrons. The van der Waals surface area contributed by atoms with Gasteiger partial charge in [0, 0.05) is 32.1 Å². The van der Waals surface area contributed by atoms with Gasteiger partial charge in [0.25, 0.3) is 5.91 Å². The number of halogens is 2. The summed E-state index contributed by atoms with van der Waals surface area (Å²) in [7, 11) is 0. The number of ether oxygens (including phenoxy) is 1. The van der Waals surface area contributed by atoms with Crippen molar-refractivity contribution in [2.45, 2.75) is 16.2 Å². The van der Waals surface area contributed by atoms with Crippen molar-refractivity contribution in [1.82, 2.24) is 4.98 Å². The third-order valence-corrected chi connectivity index (χ3v) is 9.52. The van der Waals surface area contributed by atoms with E-state index in [1.807, 2.05) is 0 Å². The van der Waals surface area contributed by atoms with Crippen LogP contribution in [0.15, 0.2) is 82.6 Å². The van der Waals surface area contributed by atoms with Crippen molar-refractivity contribution >= 4 is 75.4 Å². The molecule has 2 aliphatic rings. The molecule has 0 saturated carbocycles. The summed E-state index contributed by atoms with van der Waals surface area (Å²) in [5.41, 5.74) is 1.54. The van der Waals surface area contributed by atoms with Crippen LogP contribution in [0.25, 0.3) is 0 Å². The van der Waals surface area contributed by atoms with Gasteiger partial charge in [-0.3, -0.25) is 19.2 Å². The number of carbonyl (C=O) groups is 3. The van der Waals surface area contributed by atoms with Crippen LogP contribution in [0, 0.1) is 5.92 Å². The van der Waals surface area contributed by atoms with Gasteiger partial charge in [-0.25, -0.2) is 4.90 Å². The van der Waals surface area contributed by atoms with Gasteiger partial charge in [0.05, 0.1) is 16.6 Å². The molecule has 0 aliphatic carbocycles. The van der Waals surface area contributed by atoms with Crippen LogP contribution in [0.3, 0.4) is 0 Å². The first kappa shape index (κ1) is 26.6. The number of thioether (sulfide) groups is 1. The number of nitrogens with one attached hydrogen (secondary N) is 2. The second-order valence-electron chi connectivity index (χ2n) is 9.12. The van der Waals surface area contributed by atoms with Gasteiger partial charge in [-0.05, 0) is 54.6 Å². The molecule has 1 fully saturated rings. The van der Waals surface area contributed by atoms with Crippen molar-refractivity contribution in [2.24, 2.45) is 5.92 Å². The highest BCUT2D eigenvalue weighted by Gasteiger charge is 2.56. The predicted molar refractivity (Wildman–Crippen MR) is 156 cm³/mol. The van der Waals surface area contributed by atoms with E-state index in [0.717, 1.165) is 11.3 Å². The Kier molecular flexibility index (Phi) is 7.18. The standard InChI is InChI=1S/C28H19Cl2N3O5S2/c29-14-6-9-16(10-7-14)31-20(34)13-38-19-11-8-15(30)12-18(19)21-22-24(39-25-23(21)40-28(37)32-25)27(36)33(26(22)35)17-4-2-1-3-5-17/h1-12,21-22,24H,13H2,(H,31,34)(H,32,37). The molecule has 3 atom stereocenters. The highest BCUT2D eigenvalue weighted by Crippen LogP contribution is 2.54. The summed E-state index contributed by atoms with van der Waals surface area (Å²) in [6, 6.07) is 20.3. The molecule has 8 nitrogen and oxygen atoms in total. The summed E-state index contributed by atoms with van der Waals surface area (Å²) in [6.07, 6.45) is 0. The average molecular weight is 613 g/mol. The van der Waals surface area contributed by atoms with E-state index in [2.05, 4.69) is 10.3 Å². The lowest BCUT2D eigenvalue weighted by Crippen LogP contribution is -2.32. The maximum Gasteiger partial charge on any atom is 0.305 e. The molecule has 3 aromatic carbocycles. The van der Waals surface area contributed by atoms with Crippen LogP contribution in [-0.2, 0) is 14.4 Å². The Morgan fingerprint density at radius 1 is 0.950 bits per heavy atom. The third-order valence-electron chi connectivity index (χ3n) is 6.63. The largest absolute Gasteiger partial charge is 0.483 e. The Hall–Kier alpha value is -3.57. The Morgan fingerprint density at radius 3 is 2.42 bits per heavy atom. The molecule has 0 bridgehead atoms. The predicted octanol–water partition coefficient (Wildman–Crippen LogP) is 5.56. The van der Waals surface area contributed by atoms with E-state index in [0.29, 0.717) is 42.6 Å². The molecule has 0 spiro atoms. The number of aromatic nitrogens is 1. The summed E-state index contributed by atoms with van der Waals surface area (Å²) < 4.78 is 5.95. The maximum absolute atomic E-state index is 13.9. The van der Waals surface area contributed by atoms with Crippen molar-refractivity contribution in [3.05, 3.63) is 103 Å². The Bertz CT molecular complexity index is 1690. The normalized spacial score (nSPS) is 19.8. The molecular weight excluding hydrogens is 593 g/mol. The molecule has 4 aromatic rings. The van der Waals surface area contributed by atoms with Crippen LogP contribution >= 0.6 is 46.3 Å². The number of hydrogen-bond acceptors (Lipinski definition) is 7. The minimum atomic E-state index is -0.819.